The van der Waals surface area contributed by atoms with Gasteiger partial charge in [0.1, 0.15) is 11.9 Å². The molecule has 0 aliphatic carbocycles. The molecule has 0 amide bonds. The van der Waals surface area contributed by atoms with Crippen LogP contribution in [0, 0.1) is 0 Å². The van der Waals surface area contributed by atoms with Crippen LogP contribution in [0.4, 0.5) is 0 Å². The highest BCUT2D eigenvalue weighted by molar-refractivity contribution is 5.40. The second-order valence-electron chi connectivity index (χ2n) is 5.02. The fraction of sp³-hybridized carbons (Fsp3) is 0.294. The number of hydrogen-bond donors (Lipinski definition) is 0. The fourth-order valence-electron chi connectivity index (χ4n) is 2.67. The molecule has 0 N–H and O–H groups in total. The highest BCUT2D eigenvalue weighted by atomic mass is 16.5. The Labute approximate surface area is 114 Å². The van der Waals surface area contributed by atoms with E-state index in [0.717, 1.165) is 12.4 Å². The number of methoxy groups -OCH3 is 1. The molecule has 2 aromatic rings. The molecule has 1 aliphatic heterocycles. The Bertz CT molecular complexity index is 560. The molecule has 0 fully saturated rings. The number of rotatable bonds is 2. The van der Waals surface area contributed by atoms with Gasteiger partial charge in [0.25, 0.3) is 0 Å². The van der Waals surface area contributed by atoms with Gasteiger partial charge in [-0.05, 0) is 28.8 Å². The molecule has 19 heavy (non-hydrogen) atoms. The molecule has 0 saturated heterocycles. The molecule has 3 rings (SSSR count). The Morgan fingerprint density at radius 2 is 1.68 bits per heavy atom. The predicted octanol–water partition coefficient (Wildman–Crippen LogP) is 3.92. The zero-order valence-corrected chi connectivity index (χ0v) is 11.3. The molecule has 1 heterocycles. The van der Waals surface area contributed by atoms with Crippen molar-refractivity contribution in [3.8, 4) is 5.75 Å². The molecule has 98 valence electrons. The second kappa shape index (κ2) is 5.06. The van der Waals surface area contributed by atoms with E-state index in [9.17, 15) is 0 Å². The van der Waals surface area contributed by atoms with Crippen molar-refractivity contribution in [1.29, 1.82) is 0 Å². The Balaban J connectivity index is 1.99. The summed E-state index contributed by atoms with van der Waals surface area (Å²) >= 11 is 0. The van der Waals surface area contributed by atoms with Crippen LogP contribution in [0.25, 0.3) is 0 Å². The van der Waals surface area contributed by atoms with E-state index in [1.807, 2.05) is 12.1 Å². The first-order valence-electron chi connectivity index (χ1n) is 6.64. The minimum absolute atomic E-state index is 0.0401. The van der Waals surface area contributed by atoms with Gasteiger partial charge in [0.15, 0.2) is 0 Å². The van der Waals surface area contributed by atoms with Crippen LogP contribution in [0.15, 0.2) is 48.5 Å². The smallest absolute Gasteiger partial charge is 0.118 e. The van der Waals surface area contributed by atoms with Crippen molar-refractivity contribution in [2.24, 2.45) is 0 Å². The first-order chi connectivity index (χ1) is 9.29. The lowest BCUT2D eigenvalue weighted by Gasteiger charge is -2.30. The predicted molar refractivity (Wildman–Crippen MR) is 75.6 cm³/mol. The molecule has 0 saturated carbocycles. The minimum Gasteiger partial charge on any atom is -0.497 e. The monoisotopic (exact) mass is 254 g/mol. The molecule has 0 aromatic heterocycles. The van der Waals surface area contributed by atoms with Crippen molar-refractivity contribution >= 4 is 0 Å². The highest BCUT2D eigenvalue weighted by Gasteiger charge is 2.26. The molecule has 0 spiro atoms. The largest absolute Gasteiger partial charge is 0.497 e. The number of hydrogen-bond acceptors (Lipinski definition) is 2. The van der Waals surface area contributed by atoms with Gasteiger partial charge in [-0.15, -0.1) is 0 Å². The zero-order chi connectivity index (χ0) is 13.2. The molecule has 2 nitrogen and oxygen atoms in total. The lowest BCUT2D eigenvalue weighted by molar-refractivity contribution is 0.0565. The van der Waals surface area contributed by atoms with Crippen molar-refractivity contribution in [3.63, 3.8) is 0 Å². The third-order valence-corrected chi connectivity index (χ3v) is 3.74. The summed E-state index contributed by atoms with van der Waals surface area (Å²) in [7, 11) is 1.68. The van der Waals surface area contributed by atoms with E-state index in [0.29, 0.717) is 5.92 Å². The molecule has 2 heteroatoms. The first kappa shape index (κ1) is 12.2. The molecule has 0 bridgehead atoms. The molecule has 2 aromatic carbocycles. The van der Waals surface area contributed by atoms with Gasteiger partial charge in [-0.25, -0.2) is 0 Å². The summed E-state index contributed by atoms with van der Waals surface area (Å²) in [6.45, 7) is 2.98. The van der Waals surface area contributed by atoms with Crippen molar-refractivity contribution in [1.82, 2.24) is 0 Å². The van der Waals surface area contributed by atoms with Crippen molar-refractivity contribution < 1.29 is 9.47 Å². The summed E-state index contributed by atoms with van der Waals surface area (Å²) in [5, 5.41) is 0. The van der Waals surface area contributed by atoms with Gasteiger partial charge in [-0.1, -0.05) is 43.3 Å². The second-order valence-corrected chi connectivity index (χ2v) is 5.02. The Morgan fingerprint density at radius 1 is 1.00 bits per heavy atom. The van der Waals surface area contributed by atoms with Crippen LogP contribution >= 0.6 is 0 Å². The normalized spacial score (nSPS) is 21.8. The molecular weight excluding hydrogens is 236 g/mol. The lowest BCUT2D eigenvalue weighted by atomic mass is 9.88. The van der Waals surface area contributed by atoms with E-state index in [1.165, 1.54) is 16.7 Å². The summed E-state index contributed by atoms with van der Waals surface area (Å²) in [5.41, 5.74) is 3.86. The summed E-state index contributed by atoms with van der Waals surface area (Å²) in [6, 6.07) is 16.7. The van der Waals surface area contributed by atoms with Gasteiger partial charge >= 0.3 is 0 Å². The van der Waals surface area contributed by atoms with Gasteiger partial charge in [0.2, 0.25) is 0 Å². The number of ether oxygens (including phenoxy) is 2. The topological polar surface area (TPSA) is 18.5 Å². The van der Waals surface area contributed by atoms with E-state index >= 15 is 0 Å². The average molecular weight is 254 g/mol. The molecule has 2 unspecified atom stereocenters. The average Bonchev–Trinajstić information content (AvgIpc) is 2.48. The van der Waals surface area contributed by atoms with Gasteiger partial charge in [-0.3, -0.25) is 0 Å². The maximum absolute atomic E-state index is 6.04. The third kappa shape index (κ3) is 2.24. The van der Waals surface area contributed by atoms with Crippen LogP contribution in [-0.4, -0.2) is 13.7 Å². The van der Waals surface area contributed by atoms with E-state index in [4.69, 9.17) is 9.47 Å². The summed E-state index contributed by atoms with van der Waals surface area (Å²) in [6.07, 6.45) is 0.0401. The van der Waals surface area contributed by atoms with Gasteiger partial charge in [0, 0.05) is 5.92 Å². The maximum Gasteiger partial charge on any atom is 0.118 e. The van der Waals surface area contributed by atoms with Crippen LogP contribution in [0.3, 0.4) is 0 Å². The maximum atomic E-state index is 6.04. The van der Waals surface area contributed by atoms with E-state index in [1.54, 1.807) is 7.11 Å². The van der Waals surface area contributed by atoms with E-state index < -0.39 is 0 Å². The van der Waals surface area contributed by atoms with Crippen LogP contribution < -0.4 is 4.74 Å². The summed E-state index contributed by atoms with van der Waals surface area (Å²) in [4.78, 5) is 0. The summed E-state index contributed by atoms with van der Waals surface area (Å²) < 4.78 is 11.2. The number of benzene rings is 2. The molecular formula is C17H18O2. The van der Waals surface area contributed by atoms with E-state index in [2.05, 4.69) is 43.3 Å². The van der Waals surface area contributed by atoms with Crippen LogP contribution in [0.2, 0.25) is 0 Å². The van der Waals surface area contributed by atoms with Crippen molar-refractivity contribution in [2.45, 2.75) is 18.9 Å². The minimum atomic E-state index is 0.0401. The van der Waals surface area contributed by atoms with Crippen LogP contribution in [-0.2, 0) is 4.74 Å². The Hall–Kier alpha value is -1.80. The van der Waals surface area contributed by atoms with Crippen LogP contribution in [0.1, 0.15) is 35.6 Å². The highest BCUT2D eigenvalue weighted by Crippen LogP contribution is 2.37. The quantitative estimate of drug-likeness (QED) is 0.808. The van der Waals surface area contributed by atoms with Gasteiger partial charge in [0.05, 0.1) is 13.7 Å². The van der Waals surface area contributed by atoms with Crippen molar-refractivity contribution in [2.75, 3.05) is 13.7 Å². The number of fused-ring (bicyclic) bond motifs is 1. The third-order valence-electron chi connectivity index (χ3n) is 3.74. The SMILES string of the molecule is COc1ccc(C2OCC(C)c3ccccc32)cc1. The first-order valence-corrected chi connectivity index (χ1v) is 6.64. The fourth-order valence-corrected chi connectivity index (χ4v) is 2.67. The Morgan fingerprint density at radius 3 is 2.37 bits per heavy atom. The van der Waals surface area contributed by atoms with Gasteiger partial charge in [-0.2, -0.15) is 0 Å². The van der Waals surface area contributed by atoms with Crippen LogP contribution in [0.5, 0.6) is 5.75 Å². The van der Waals surface area contributed by atoms with Crippen molar-refractivity contribution in [3.05, 3.63) is 65.2 Å². The molecule has 2 atom stereocenters. The lowest BCUT2D eigenvalue weighted by Crippen LogP contribution is -2.20. The zero-order valence-electron chi connectivity index (χ0n) is 11.3. The van der Waals surface area contributed by atoms with Gasteiger partial charge < -0.3 is 9.47 Å². The molecule has 1 aliphatic rings. The van der Waals surface area contributed by atoms with E-state index in [-0.39, 0.29) is 6.10 Å². The summed E-state index contributed by atoms with van der Waals surface area (Å²) in [5.74, 6) is 1.34. The molecule has 0 radical (unpaired) electrons. The standard InChI is InChI=1S/C17H18O2/c1-12-11-19-17(16-6-4-3-5-15(12)16)13-7-9-14(18-2)10-8-13/h3-10,12,17H,11H2,1-2H3. The Kier molecular flexibility index (Phi) is 3.26.